The zero-order valence-corrected chi connectivity index (χ0v) is 7.28. The maximum Gasteiger partial charge on any atom is 0.187 e. The largest absolute Gasteiger partial charge is 0.394 e. The van der Waals surface area contributed by atoms with E-state index in [1.54, 1.807) is 0 Å². The average Bonchev–Trinajstić information content (AvgIpc) is 2.24. The first-order chi connectivity index (χ1) is 7.00. The van der Waals surface area contributed by atoms with Crippen LogP contribution in [0.3, 0.4) is 0 Å². The van der Waals surface area contributed by atoms with Crippen LogP contribution in [-0.2, 0) is 4.79 Å². The summed E-state index contributed by atoms with van der Waals surface area (Å²) in [7, 11) is 0. The van der Waals surface area contributed by atoms with E-state index in [0.29, 0.717) is 0 Å². The van der Waals surface area contributed by atoms with Crippen LogP contribution in [0.15, 0.2) is 0 Å². The van der Waals surface area contributed by atoms with Crippen molar-refractivity contribution in [2.45, 2.75) is 0 Å². The molecule has 0 bridgehead atoms. The van der Waals surface area contributed by atoms with Gasteiger partial charge in [-0.2, -0.15) is 0 Å². The molecule has 0 fully saturated rings. The Balaban J connectivity index is 3.31. The molecule has 82 valence electrons. The van der Waals surface area contributed by atoms with Gasteiger partial charge in [-0.05, 0) is 0 Å². The number of hydrogen-bond acceptors (Lipinski definition) is 3. The van der Waals surface area contributed by atoms with Gasteiger partial charge < -0.3 is 15.8 Å². The molecular formula is C8H6F4N2O. The first-order valence-electron chi connectivity index (χ1n) is 3.79. The number of rotatable bonds is 3. The summed E-state index contributed by atoms with van der Waals surface area (Å²) in [6, 6.07) is 0. The third kappa shape index (κ3) is 1.85. The van der Waals surface area contributed by atoms with Crippen LogP contribution in [0.2, 0.25) is 0 Å². The van der Waals surface area contributed by atoms with Crippen LogP contribution in [0, 0.1) is 23.3 Å². The lowest BCUT2D eigenvalue weighted by molar-refractivity contribution is -0.106. The molecule has 1 rings (SSSR count). The predicted molar refractivity (Wildman–Crippen MR) is 45.2 cm³/mol. The number of nitrogens with two attached hydrogens (primary N) is 1. The van der Waals surface area contributed by atoms with Crippen LogP contribution in [-0.4, -0.2) is 12.8 Å². The fourth-order valence-electron chi connectivity index (χ4n) is 0.948. The van der Waals surface area contributed by atoms with Gasteiger partial charge in [0.1, 0.15) is 17.7 Å². The molecule has 0 saturated carbocycles. The zero-order valence-electron chi connectivity index (χ0n) is 7.28. The number of anilines is 2. The molecule has 0 aliphatic rings. The van der Waals surface area contributed by atoms with E-state index in [1.165, 1.54) is 0 Å². The highest BCUT2D eigenvalue weighted by Crippen LogP contribution is 2.29. The van der Waals surface area contributed by atoms with Gasteiger partial charge in [0.2, 0.25) is 0 Å². The summed E-state index contributed by atoms with van der Waals surface area (Å²) in [6.07, 6.45) is 0.283. The average molecular weight is 222 g/mol. The summed E-state index contributed by atoms with van der Waals surface area (Å²) in [4.78, 5) is 9.92. The van der Waals surface area contributed by atoms with E-state index in [-0.39, 0.29) is 6.29 Å². The second kappa shape index (κ2) is 4.16. The normalized spacial score (nSPS) is 10.1. The van der Waals surface area contributed by atoms with Gasteiger partial charge in [0.15, 0.2) is 23.3 Å². The maximum atomic E-state index is 13.0. The van der Waals surface area contributed by atoms with Gasteiger partial charge in [0.25, 0.3) is 0 Å². The standard InChI is InChI=1S/C8H6F4N2O/c9-3-5(11)8(14-1-2-15)6(12)4(10)7(3)13/h2,14H,1,13H2. The lowest BCUT2D eigenvalue weighted by atomic mass is 10.2. The van der Waals surface area contributed by atoms with Gasteiger partial charge in [-0.3, -0.25) is 0 Å². The molecule has 3 N–H and O–H groups in total. The fourth-order valence-corrected chi connectivity index (χ4v) is 0.948. The number of hydrogen-bond donors (Lipinski definition) is 2. The molecule has 0 aliphatic carbocycles. The molecule has 0 radical (unpaired) electrons. The van der Waals surface area contributed by atoms with E-state index in [9.17, 15) is 22.4 Å². The van der Waals surface area contributed by atoms with Gasteiger partial charge >= 0.3 is 0 Å². The summed E-state index contributed by atoms with van der Waals surface area (Å²) in [5, 5.41) is 1.89. The van der Waals surface area contributed by atoms with Crippen LogP contribution < -0.4 is 11.1 Å². The summed E-state index contributed by atoms with van der Waals surface area (Å²) in [6.45, 7) is -0.476. The SMILES string of the molecule is Nc1c(F)c(F)c(NCC=O)c(F)c1F. The lowest BCUT2D eigenvalue weighted by Gasteiger charge is -2.09. The van der Waals surface area contributed by atoms with Crippen LogP contribution in [0.5, 0.6) is 0 Å². The number of aldehydes is 1. The van der Waals surface area contributed by atoms with Crippen molar-refractivity contribution in [3.05, 3.63) is 23.3 Å². The molecular weight excluding hydrogens is 216 g/mol. The van der Waals surface area contributed by atoms with Crippen LogP contribution >= 0.6 is 0 Å². The topological polar surface area (TPSA) is 55.1 Å². The van der Waals surface area contributed by atoms with Crippen LogP contribution in [0.1, 0.15) is 0 Å². The molecule has 0 amide bonds. The van der Waals surface area contributed by atoms with Gasteiger partial charge in [0, 0.05) is 0 Å². The monoisotopic (exact) mass is 222 g/mol. The molecule has 3 nitrogen and oxygen atoms in total. The number of benzene rings is 1. The minimum atomic E-state index is -1.69. The number of nitrogens with one attached hydrogen (secondary N) is 1. The molecule has 0 aromatic heterocycles. The minimum absolute atomic E-state index is 0.283. The lowest BCUT2D eigenvalue weighted by Crippen LogP contribution is -2.11. The van der Waals surface area contributed by atoms with Crippen molar-refractivity contribution in [3.8, 4) is 0 Å². The van der Waals surface area contributed by atoms with Gasteiger partial charge in [-0.1, -0.05) is 0 Å². The highest BCUT2D eigenvalue weighted by molar-refractivity contribution is 5.62. The minimum Gasteiger partial charge on any atom is -0.394 e. The van der Waals surface area contributed by atoms with E-state index >= 15 is 0 Å². The molecule has 0 saturated heterocycles. The van der Waals surface area contributed by atoms with Crippen LogP contribution in [0.4, 0.5) is 28.9 Å². The number of carbonyl (C=O) groups is 1. The van der Waals surface area contributed by atoms with Crippen molar-refractivity contribution in [3.63, 3.8) is 0 Å². The third-order valence-corrected chi connectivity index (χ3v) is 1.66. The van der Waals surface area contributed by atoms with Gasteiger partial charge in [0.05, 0.1) is 6.54 Å². The summed E-state index contributed by atoms with van der Waals surface area (Å²) >= 11 is 0. The van der Waals surface area contributed by atoms with Crippen molar-refractivity contribution in [2.24, 2.45) is 0 Å². The quantitative estimate of drug-likeness (QED) is 0.352. The van der Waals surface area contributed by atoms with E-state index in [0.717, 1.165) is 0 Å². The first-order valence-corrected chi connectivity index (χ1v) is 3.79. The van der Waals surface area contributed by atoms with E-state index < -0.39 is 41.2 Å². The molecule has 0 unspecified atom stereocenters. The second-order valence-electron chi connectivity index (χ2n) is 2.59. The smallest absolute Gasteiger partial charge is 0.187 e. The van der Waals surface area contributed by atoms with Crippen molar-refractivity contribution in [1.29, 1.82) is 0 Å². The molecule has 0 spiro atoms. The molecule has 7 heteroatoms. The summed E-state index contributed by atoms with van der Waals surface area (Å²) in [5.41, 5.74) is 2.47. The Hall–Kier alpha value is -1.79. The second-order valence-corrected chi connectivity index (χ2v) is 2.59. The van der Waals surface area contributed by atoms with Gasteiger partial charge in [-0.15, -0.1) is 0 Å². The Morgan fingerprint density at radius 1 is 1.07 bits per heavy atom. The van der Waals surface area contributed by atoms with Crippen molar-refractivity contribution in [1.82, 2.24) is 0 Å². The van der Waals surface area contributed by atoms with E-state index in [4.69, 9.17) is 5.73 Å². The first kappa shape index (κ1) is 11.3. The third-order valence-electron chi connectivity index (χ3n) is 1.66. The highest BCUT2D eigenvalue weighted by atomic mass is 19.2. The molecule has 1 aromatic rings. The predicted octanol–water partition coefficient (Wildman–Crippen LogP) is 1.44. The Labute approximate surface area is 81.9 Å². The zero-order chi connectivity index (χ0) is 11.6. The summed E-state index contributed by atoms with van der Waals surface area (Å²) < 4.78 is 51.6. The molecule has 0 aliphatic heterocycles. The molecule has 0 atom stereocenters. The van der Waals surface area contributed by atoms with Crippen LogP contribution in [0.25, 0.3) is 0 Å². The summed E-state index contributed by atoms with van der Waals surface area (Å²) in [5.74, 6) is -6.70. The molecule has 1 aromatic carbocycles. The van der Waals surface area contributed by atoms with E-state index in [2.05, 4.69) is 0 Å². The molecule has 0 heterocycles. The number of halogens is 4. The Morgan fingerprint density at radius 2 is 1.53 bits per heavy atom. The Morgan fingerprint density at radius 3 is 1.93 bits per heavy atom. The Bertz CT molecular complexity index is 379. The maximum absolute atomic E-state index is 13.0. The fraction of sp³-hybridized carbons (Fsp3) is 0.125. The Kier molecular flexibility index (Phi) is 3.13. The number of nitrogen functional groups attached to an aromatic ring is 1. The van der Waals surface area contributed by atoms with Crippen molar-refractivity contribution < 1.29 is 22.4 Å². The van der Waals surface area contributed by atoms with Crippen molar-refractivity contribution in [2.75, 3.05) is 17.6 Å². The van der Waals surface area contributed by atoms with E-state index in [1.807, 2.05) is 5.32 Å². The molecule has 15 heavy (non-hydrogen) atoms. The van der Waals surface area contributed by atoms with Crippen molar-refractivity contribution >= 4 is 17.7 Å². The number of carbonyl (C=O) groups excluding carboxylic acids is 1. The van der Waals surface area contributed by atoms with Gasteiger partial charge in [-0.25, -0.2) is 17.6 Å². The highest BCUT2D eigenvalue weighted by Gasteiger charge is 2.23.